The van der Waals surface area contributed by atoms with Crippen molar-refractivity contribution in [3.8, 4) is 0 Å². The Balaban J connectivity index is 2.20. The topological polar surface area (TPSA) is 20.3 Å². The molecule has 1 aromatic rings. The molecule has 1 fully saturated rings. The maximum atomic E-state index is 12.4. The van der Waals surface area contributed by atoms with Gasteiger partial charge in [0.2, 0.25) is 0 Å². The van der Waals surface area contributed by atoms with Gasteiger partial charge >= 0.3 is 0 Å². The van der Waals surface area contributed by atoms with Gasteiger partial charge in [0.25, 0.3) is 0 Å². The predicted octanol–water partition coefficient (Wildman–Crippen LogP) is 3.95. The number of hydrogen-bond acceptors (Lipinski definition) is 2. The van der Waals surface area contributed by atoms with Crippen LogP contribution in [0, 0.1) is 5.41 Å². The molecule has 1 unspecified atom stereocenters. The fraction of sp³-hybridized carbons (Fsp3) is 0.353. The number of benzene rings is 1. The van der Waals surface area contributed by atoms with Crippen molar-refractivity contribution in [3.63, 3.8) is 0 Å². The maximum absolute atomic E-state index is 12.4. The molecule has 1 saturated carbocycles. The minimum absolute atomic E-state index is 0.258. The summed E-state index contributed by atoms with van der Waals surface area (Å²) >= 11 is 0. The van der Waals surface area contributed by atoms with Crippen LogP contribution >= 0.6 is 0 Å². The lowest BCUT2D eigenvalue weighted by molar-refractivity contribution is -0.120. The van der Waals surface area contributed by atoms with Gasteiger partial charge in [-0.3, -0.25) is 4.79 Å². The van der Waals surface area contributed by atoms with Crippen molar-refractivity contribution in [2.45, 2.75) is 26.7 Å². The van der Waals surface area contributed by atoms with Crippen molar-refractivity contribution in [2.24, 2.45) is 5.41 Å². The van der Waals surface area contributed by atoms with E-state index in [1.165, 1.54) is 0 Å². The Hall–Kier alpha value is -1.83. The van der Waals surface area contributed by atoms with Gasteiger partial charge in [-0.05, 0) is 38.8 Å². The molecule has 0 heterocycles. The van der Waals surface area contributed by atoms with Crippen molar-refractivity contribution >= 4 is 11.5 Å². The Bertz CT molecular complexity index is 515. The second kappa shape index (κ2) is 5.43. The lowest BCUT2D eigenvalue weighted by atomic mass is 9.87. The van der Waals surface area contributed by atoms with Gasteiger partial charge in [0.15, 0.2) is 5.78 Å². The maximum Gasteiger partial charge on any atom is 0.169 e. The van der Waals surface area contributed by atoms with Crippen LogP contribution in [0.2, 0.25) is 0 Å². The number of ketones is 1. The normalized spacial score (nSPS) is 25.4. The van der Waals surface area contributed by atoms with Crippen molar-refractivity contribution < 1.29 is 4.79 Å². The molecule has 2 heteroatoms. The highest BCUT2D eigenvalue weighted by Crippen LogP contribution is 2.39. The van der Waals surface area contributed by atoms with E-state index in [1.54, 1.807) is 0 Å². The van der Waals surface area contributed by atoms with Gasteiger partial charge in [0.1, 0.15) is 0 Å². The van der Waals surface area contributed by atoms with Crippen LogP contribution in [0.3, 0.4) is 0 Å². The summed E-state index contributed by atoms with van der Waals surface area (Å²) in [4.78, 5) is 14.5. The number of Topliss-reactive ketones (excluding diaryl/α,β-unsaturated/α-hetero) is 1. The van der Waals surface area contributed by atoms with Crippen molar-refractivity contribution in [3.05, 3.63) is 54.3 Å². The minimum Gasteiger partial charge on any atom is -0.351 e. The van der Waals surface area contributed by atoms with Gasteiger partial charge in [0.05, 0.1) is 0 Å². The van der Waals surface area contributed by atoms with E-state index in [9.17, 15) is 4.79 Å². The fourth-order valence-electron chi connectivity index (χ4n) is 2.61. The van der Waals surface area contributed by atoms with E-state index in [-0.39, 0.29) is 11.2 Å². The quantitative estimate of drug-likeness (QED) is 0.602. The zero-order valence-electron chi connectivity index (χ0n) is 11.9. The number of carbonyl (C=O) groups is 1. The molecule has 0 radical (unpaired) electrons. The number of nitrogens with zero attached hydrogens (tertiary/aromatic N) is 1. The number of para-hydroxylation sites is 1. The van der Waals surface area contributed by atoms with Gasteiger partial charge < -0.3 is 4.90 Å². The molecule has 0 saturated heterocycles. The highest BCUT2D eigenvalue weighted by Gasteiger charge is 2.38. The molecule has 0 aliphatic heterocycles. The largest absolute Gasteiger partial charge is 0.351 e. The summed E-state index contributed by atoms with van der Waals surface area (Å²) in [6.07, 6.45) is 7.74. The van der Waals surface area contributed by atoms with E-state index in [0.717, 1.165) is 24.1 Å². The van der Waals surface area contributed by atoms with Crippen molar-refractivity contribution in [2.75, 3.05) is 11.9 Å². The predicted molar refractivity (Wildman–Crippen MR) is 80.1 cm³/mol. The Labute approximate surface area is 115 Å². The highest BCUT2D eigenvalue weighted by atomic mass is 16.1. The van der Waals surface area contributed by atoms with Gasteiger partial charge in [-0.25, -0.2) is 0 Å². The molecule has 1 aliphatic carbocycles. The number of allylic oxidation sites excluding steroid dienone is 3. The Morgan fingerprint density at radius 2 is 1.95 bits per heavy atom. The number of anilines is 1. The van der Waals surface area contributed by atoms with Gasteiger partial charge in [-0.2, -0.15) is 0 Å². The number of rotatable bonds is 3. The first-order valence-electron chi connectivity index (χ1n) is 6.74. The zero-order valence-corrected chi connectivity index (χ0v) is 11.9. The van der Waals surface area contributed by atoms with Gasteiger partial charge in [-0.1, -0.05) is 30.4 Å². The summed E-state index contributed by atoms with van der Waals surface area (Å²) in [5.74, 6) is 0.258. The summed E-state index contributed by atoms with van der Waals surface area (Å²) < 4.78 is 0. The minimum atomic E-state index is -0.307. The Morgan fingerprint density at radius 1 is 1.26 bits per heavy atom. The van der Waals surface area contributed by atoms with Crippen LogP contribution in [0.15, 0.2) is 54.3 Å². The fourth-order valence-corrected chi connectivity index (χ4v) is 2.61. The first-order valence-corrected chi connectivity index (χ1v) is 6.74. The Morgan fingerprint density at radius 3 is 2.58 bits per heavy atom. The summed E-state index contributed by atoms with van der Waals surface area (Å²) in [5.41, 5.74) is 1.72. The molecule has 0 aromatic heterocycles. The first kappa shape index (κ1) is 13.6. The molecule has 1 atom stereocenters. The molecular formula is C17H21NO. The third-order valence-electron chi connectivity index (χ3n) is 3.77. The van der Waals surface area contributed by atoms with E-state index >= 15 is 0 Å². The molecule has 19 heavy (non-hydrogen) atoms. The van der Waals surface area contributed by atoms with Gasteiger partial charge in [-0.15, -0.1) is 0 Å². The molecular weight excluding hydrogens is 234 g/mol. The lowest BCUT2D eigenvalue weighted by Crippen LogP contribution is -2.20. The monoisotopic (exact) mass is 255 g/mol. The molecule has 0 bridgehead atoms. The van der Waals surface area contributed by atoms with Crippen LogP contribution in [0.25, 0.3) is 0 Å². The van der Waals surface area contributed by atoms with E-state index in [2.05, 4.69) is 0 Å². The highest BCUT2D eigenvalue weighted by molar-refractivity contribution is 6.03. The zero-order chi connectivity index (χ0) is 13.9. The smallest absolute Gasteiger partial charge is 0.169 e. The van der Waals surface area contributed by atoms with E-state index < -0.39 is 0 Å². The second-order valence-corrected chi connectivity index (χ2v) is 5.35. The standard InChI is InChI=1S/C17H21NO/c1-4-11-17(2)12-10-14(16(17)19)13-18(3)15-8-6-5-7-9-15/h4-9,11,13H,10,12H2,1-3H3/b11-4-,14-13+. The summed E-state index contributed by atoms with van der Waals surface area (Å²) in [5, 5.41) is 0. The average molecular weight is 255 g/mol. The van der Waals surface area contributed by atoms with Crippen molar-refractivity contribution in [1.29, 1.82) is 0 Å². The average Bonchev–Trinajstić information content (AvgIpc) is 2.69. The van der Waals surface area contributed by atoms with Crippen LogP contribution in [0.5, 0.6) is 0 Å². The van der Waals surface area contributed by atoms with Crippen LogP contribution in [0.1, 0.15) is 26.7 Å². The molecule has 0 amide bonds. The van der Waals surface area contributed by atoms with Crippen LogP contribution < -0.4 is 4.90 Å². The number of carbonyl (C=O) groups excluding carboxylic acids is 1. The summed E-state index contributed by atoms with van der Waals surface area (Å²) in [6.45, 7) is 4.00. The SMILES string of the molecule is C/C=C\C1(C)CC/C(=C\N(C)c2ccccc2)C1=O. The Kier molecular flexibility index (Phi) is 3.89. The van der Waals surface area contributed by atoms with Crippen LogP contribution in [-0.4, -0.2) is 12.8 Å². The third kappa shape index (κ3) is 2.78. The van der Waals surface area contributed by atoms with E-state index in [0.29, 0.717) is 0 Å². The molecule has 2 rings (SSSR count). The third-order valence-corrected chi connectivity index (χ3v) is 3.77. The van der Waals surface area contributed by atoms with Crippen LogP contribution in [0.4, 0.5) is 5.69 Å². The molecule has 1 aromatic carbocycles. The van der Waals surface area contributed by atoms with Gasteiger partial charge in [0, 0.05) is 29.9 Å². The molecule has 100 valence electrons. The van der Waals surface area contributed by atoms with E-state index in [1.807, 2.05) is 74.5 Å². The van der Waals surface area contributed by atoms with E-state index in [4.69, 9.17) is 0 Å². The summed E-state index contributed by atoms with van der Waals surface area (Å²) in [6, 6.07) is 10.1. The second-order valence-electron chi connectivity index (χ2n) is 5.35. The number of hydrogen-bond donors (Lipinski definition) is 0. The molecule has 2 nitrogen and oxygen atoms in total. The molecule has 1 aliphatic rings. The first-order chi connectivity index (χ1) is 9.07. The van der Waals surface area contributed by atoms with Crippen molar-refractivity contribution in [1.82, 2.24) is 0 Å². The van der Waals surface area contributed by atoms with Crippen LogP contribution in [-0.2, 0) is 4.79 Å². The lowest BCUT2D eigenvalue weighted by Gasteiger charge is -2.17. The summed E-state index contributed by atoms with van der Waals surface area (Å²) in [7, 11) is 1.99. The molecule has 0 N–H and O–H groups in total. The molecule has 0 spiro atoms.